The first-order valence-corrected chi connectivity index (χ1v) is 13.0. The minimum absolute atomic E-state index is 0.737. The van der Waals surface area contributed by atoms with E-state index in [9.17, 15) is 0 Å². The number of hydrogen-bond acceptors (Lipinski definition) is 4. The summed E-state index contributed by atoms with van der Waals surface area (Å²) >= 11 is 5.99. The van der Waals surface area contributed by atoms with Crippen molar-refractivity contribution in [3.05, 3.63) is 107 Å². The third kappa shape index (κ3) is 6.94. The third-order valence-electron chi connectivity index (χ3n) is 6.62. The number of aromatic nitrogens is 1. The average molecular weight is 498 g/mol. The number of rotatable bonds is 9. The SMILES string of the molecule is Clc1ccc(CN2CCN(CCCOc3ccc(/C=C/c4ccc5ccccc5n4)cc3)CC2)cc1. The smallest absolute Gasteiger partial charge is 0.119 e. The summed E-state index contributed by atoms with van der Waals surface area (Å²) in [5.41, 5.74) is 4.44. The summed E-state index contributed by atoms with van der Waals surface area (Å²) in [5.74, 6) is 0.920. The van der Waals surface area contributed by atoms with E-state index in [0.717, 1.165) is 85.2 Å². The predicted octanol–water partition coefficient (Wildman–Crippen LogP) is 6.65. The van der Waals surface area contributed by atoms with Gasteiger partial charge in [0.2, 0.25) is 0 Å². The molecule has 5 heteroatoms. The molecule has 36 heavy (non-hydrogen) atoms. The molecule has 0 unspecified atom stereocenters. The van der Waals surface area contributed by atoms with Crippen molar-refractivity contribution in [1.29, 1.82) is 0 Å². The Balaban J connectivity index is 1.01. The topological polar surface area (TPSA) is 28.6 Å². The molecule has 0 aliphatic carbocycles. The highest BCUT2D eigenvalue weighted by molar-refractivity contribution is 6.30. The molecule has 1 aliphatic rings. The van der Waals surface area contributed by atoms with Crippen LogP contribution in [0.5, 0.6) is 5.75 Å². The Hall–Kier alpha value is -3.18. The van der Waals surface area contributed by atoms with Crippen LogP contribution in [0, 0.1) is 0 Å². The molecular weight excluding hydrogens is 466 g/mol. The lowest BCUT2D eigenvalue weighted by Crippen LogP contribution is -2.46. The average Bonchev–Trinajstić information content (AvgIpc) is 2.92. The van der Waals surface area contributed by atoms with Gasteiger partial charge >= 0.3 is 0 Å². The minimum Gasteiger partial charge on any atom is -0.494 e. The molecule has 0 atom stereocenters. The van der Waals surface area contributed by atoms with Crippen LogP contribution in [0.15, 0.2) is 84.9 Å². The molecule has 4 aromatic rings. The van der Waals surface area contributed by atoms with Gasteiger partial charge in [0.1, 0.15) is 5.75 Å². The van der Waals surface area contributed by atoms with E-state index in [1.165, 1.54) is 5.56 Å². The normalized spacial score (nSPS) is 15.0. The molecule has 1 saturated heterocycles. The Morgan fingerprint density at radius 1 is 0.778 bits per heavy atom. The van der Waals surface area contributed by atoms with Crippen LogP contribution in [0.4, 0.5) is 0 Å². The van der Waals surface area contributed by atoms with Crippen molar-refractivity contribution in [3.8, 4) is 5.75 Å². The number of pyridine rings is 1. The molecule has 184 valence electrons. The van der Waals surface area contributed by atoms with E-state index in [1.807, 2.05) is 42.5 Å². The van der Waals surface area contributed by atoms with Crippen LogP contribution in [0.25, 0.3) is 23.1 Å². The van der Waals surface area contributed by atoms with Crippen LogP contribution in [-0.2, 0) is 6.54 Å². The monoisotopic (exact) mass is 497 g/mol. The number of piperazine rings is 1. The predicted molar refractivity (Wildman–Crippen MR) is 150 cm³/mol. The zero-order valence-corrected chi connectivity index (χ0v) is 21.3. The summed E-state index contributed by atoms with van der Waals surface area (Å²) in [6, 6.07) is 28.8. The quantitative estimate of drug-likeness (QED) is 0.242. The molecule has 1 fully saturated rings. The first-order chi connectivity index (χ1) is 17.7. The second kappa shape index (κ2) is 12.2. The van der Waals surface area contributed by atoms with Crippen molar-refractivity contribution in [3.63, 3.8) is 0 Å². The molecule has 0 radical (unpaired) electrons. The number of halogens is 1. The van der Waals surface area contributed by atoms with Gasteiger partial charge < -0.3 is 9.64 Å². The second-order valence-electron chi connectivity index (χ2n) is 9.28. The Labute approximate surface area is 218 Å². The van der Waals surface area contributed by atoms with Gasteiger partial charge in [-0.1, -0.05) is 66.2 Å². The number of nitrogens with zero attached hydrogens (tertiary/aromatic N) is 3. The van der Waals surface area contributed by atoms with Gasteiger partial charge in [0.05, 0.1) is 17.8 Å². The first kappa shape index (κ1) is 24.5. The third-order valence-corrected chi connectivity index (χ3v) is 6.87. The molecule has 4 nitrogen and oxygen atoms in total. The van der Waals surface area contributed by atoms with Gasteiger partial charge in [-0.05, 0) is 60.0 Å². The van der Waals surface area contributed by atoms with Gasteiger partial charge in [-0.2, -0.15) is 0 Å². The van der Waals surface area contributed by atoms with Gasteiger partial charge in [-0.3, -0.25) is 4.90 Å². The Morgan fingerprint density at radius 2 is 1.53 bits per heavy atom. The molecular formula is C31H32ClN3O. The van der Waals surface area contributed by atoms with Crippen LogP contribution in [0.3, 0.4) is 0 Å². The maximum atomic E-state index is 5.99. The van der Waals surface area contributed by atoms with Crippen molar-refractivity contribution in [2.45, 2.75) is 13.0 Å². The lowest BCUT2D eigenvalue weighted by Gasteiger charge is -2.34. The van der Waals surface area contributed by atoms with Crippen LogP contribution < -0.4 is 4.74 Å². The van der Waals surface area contributed by atoms with Crippen molar-refractivity contribution < 1.29 is 4.74 Å². The van der Waals surface area contributed by atoms with E-state index in [0.29, 0.717) is 0 Å². The molecule has 0 bridgehead atoms. The van der Waals surface area contributed by atoms with Crippen LogP contribution in [-0.4, -0.2) is 54.1 Å². The van der Waals surface area contributed by atoms with Gasteiger partial charge in [0.25, 0.3) is 0 Å². The van der Waals surface area contributed by atoms with Gasteiger partial charge in [0.15, 0.2) is 0 Å². The van der Waals surface area contributed by atoms with Crippen molar-refractivity contribution in [1.82, 2.24) is 14.8 Å². The summed E-state index contributed by atoms with van der Waals surface area (Å²) in [6.07, 6.45) is 5.18. The van der Waals surface area contributed by atoms with E-state index in [2.05, 4.69) is 64.4 Å². The van der Waals surface area contributed by atoms with E-state index in [4.69, 9.17) is 21.3 Å². The molecule has 0 saturated carbocycles. The van der Waals surface area contributed by atoms with Crippen LogP contribution in [0.1, 0.15) is 23.2 Å². The highest BCUT2D eigenvalue weighted by atomic mass is 35.5. The van der Waals surface area contributed by atoms with Gasteiger partial charge in [-0.15, -0.1) is 0 Å². The van der Waals surface area contributed by atoms with Crippen molar-refractivity contribution in [2.75, 3.05) is 39.3 Å². The van der Waals surface area contributed by atoms with E-state index < -0.39 is 0 Å². The van der Waals surface area contributed by atoms with E-state index in [1.54, 1.807) is 0 Å². The molecule has 5 rings (SSSR count). The van der Waals surface area contributed by atoms with Crippen LogP contribution in [0.2, 0.25) is 5.02 Å². The largest absolute Gasteiger partial charge is 0.494 e. The Morgan fingerprint density at radius 3 is 2.33 bits per heavy atom. The fourth-order valence-corrected chi connectivity index (χ4v) is 4.65. The fourth-order valence-electron chi connectivity index (χ4n) is 4.53. The second-order valence-corrected chi connectivity index (χ2v) is 9.71. The zero-order valence-electron chi connectivity index (χ0n) is 20.5. The summed E-state index contributed by atoms with van der Waals surface area (Å²) in [6.45, 7) is 7.25. The molecule has 2 heterocycles. The van der Waals surface area contributed by atoms with Gasteiger partial charge in [0, 0.05) is 49.7 Å². The standard InChI is InChI=1S/C31H32ClN3O/c32-28-12-6-26(7-13-28)24-35-21-19-34(20-22-35)18-3-23-36-30-16-9-25(10-17-30)8-14-29-15-11-27-4-1-2-5-31(27)33-29/h1-2,4-17H,3,18-24H2/b14-8+. The van der Waals surface area contributed by atoms with E-state index in [-0.39, 0.29) is 0 Å². The molecule has 1 aliphatic heterocycles. The number of ether oxygens (including phenoxy) is 1. The molecule has 0 amide bonds. The maximum Gasteiger partial charge on any atom is 0.119 e. The Kier molecular flexibility index (Phi) is 8.29. The lowest BCUT2D eigenvalue weighted by atomic mass is 10.1. The molecule has 0 spiro atoms. The number of para-hydroxylation sites is 1. The van der Waals surface area contributed by atoms with E-state index >= 15 is 0 Å². The lowest BCUT2D eigenvalue weighted by molar-refractivity contribution is 0.121. The van der Waals surface area contributed by atoms with Crippen molar-refractivity contribution in [2.24, 2.45) is 0 Å². The summed E-state index contributed by atoms with van der Waals surface area (Å²) < 4.78 is 5.99. The molecule has 0 N–H and O–H groups in total. The summed E-state index contributed by atoms with van der Waals surface area (Å²) in [4.78, 5) is 9.75. The highest BCUT2D eigenvalue weighted by Gasteiger charge is 2.16. The Bertz CT molecular complexity index is 1280. The fraction of sp³-hybridized carbons (Fsp3) is 0.258. The van der Waals surface area contributed by atoms with Crippen LogP contribution >= 0.6 is 11.6 Å². The zero-order chi connectivity index (χ0) is 24.6. The molecule has 1 aromatic heterocycles. The number of hydrogen-bond donors (Lipinski definition) is 0. The minimum atomic E-state index is 0.737. The van der Waals surface area contributed by atoms with Gasteiger partial charge in [-0.25, -0.2) is 4.98 Å². The van der Waals surface area contributed by atoms with Crippen molar-refractivity contribution >= 4 is 34.7 Å². The number of benzene rings is 3. The highest BCUT2D eigenvalue weighted by Crippen LogP contribution is 2.17. The molecule has 3 aromatic carbocycles. The number of fused-ring (bicyclic) bond motifs is 1. The summed E-state index contributed by atoms with van der Waals surface area (Å²) in [5, 5.41) is 1.96. The maximum absolute atomic E-state index is 5.99. The first-order valence-electron chi connectivity index (χ1n) is 12.7. The summed E-state index contributed by atoms with van der Waals surface area (Å²) in [7, 11) is 0.